The van der Waals surface area contributed by atoms with Crippen molar-refractivity contribution in [2.45, 2.75) is 6.10 Å². The van der Waals surface area contributed by atoms with Gasteiger partial charge in [0.1, 0.15) is 11.8 Å². The van der Waals surface area contributed by atoms with Gasteiger partial charge in [0.05, 0.1) is 5.56 Å². The van der Waals surface area contributed by atoms with E-state index in [1.807, 2.05) is 0 Å². The number of carbonyl (C=O) groups excluding carboxylic acids is 1. The van der Waals surface area contributed by atoms with Crippen LogP contribution in [0, 0.1) is 0 Å². The molecule has 3 heterocycles. The van der Waals surface area contributed by atoms with Crippen LogP contribution in [-0.2, 0) is 0 Å². The Hall–Kier alpha value is -2.93. The Morgan fingerprint density at radius 2 is 2.23 bits per heavy atom. The maximum absolute atomic E-state index is 12.1. The minimum atomic E-state index is -0.977. The average Bonchev–Trinajstić information content (AvgIpc) is 2.99. The summed E-state index contributed by atoms with van der Waals surface area (Å²) in [6, 6.07) is 7.89. The summed E-state index contributed by atoms with van der Waals surface area (Å²) in [5.74, 6) is -0.312. The summed E-state index contributed by atoms with van der Waals surface area (Å²) >= 11 is 0. The van der Waals surface area contributed by atoms with Gasteiger partial charge in [-0.25, -0.2) is 4.98 Å². The quantitative estimate of drug-likeness (QED) is 0.652. The van der Waals surface area contributed by atoms with E-state index < -0.39 is 6.10 Å². The Balaban J connectivity index is 1.67. The first-order valence-corrected chi connectivity index (χ1v) is 6.72. The van der Waals surface area contributed by atoms with Crippen LogP contribution in [0.4, 0.5) is 0 Å². The van der Waals surface area contributed by atoms with Crippen LogP contribution in [0.5, 0.6) is 0 Å². The van der Waals surface area contributed by atoms with Crippen LogP contribution < -0.4 is 10.9 Å². The zero-order chi connectivity index (χ0) is 15.5. The molecule has 0 aromatic carbocycles. The highest BCUT2D eigenvalue weighted by molar-refractivity contribution is 5.94. The zero-order valence-corrected chi connectivity index (χ0v) is 11.6. The van der Waals surface area contributed by atoms with Crippen LogP contribution in [0.15, 0.2) is 53.7 Å². The van der Waals surface area contributed by atoms with Gasteiger partial charge in [-0.15, -0.1) is 0 Å². The first-order valence-electron chi connectivity index (χ1n) is 6.72. The molecule has 0 saturated heterocycles. The van der Waals surface area contributed by atoms with Crippen molar-refractivity contribution < 1.29 is 9.90 Å². The lowest BCUT2D eigenvalue weighted by Gasteiger charge is -2.12. The SMILES string of the molecule is O=C(NCC(O)c1cccc(=O)[nH]1)c1ccc2nccn2c1. The molecule has 3 aromatic heterocycles. The Kier molecular flexibility index (Phi) is 3.71. The molecule has 0 fully saturated rings. The normalized spacial score (nSPS) is 12.2. The monoisotopic (exact) mass is 298 g/mol. The minimum Gasteiger partial charge on any atom is -0.385 e. The van der Waals surface area contributed by atoms with Crippen molar-refractivity contribution in [3.63, 3.8) is 0 Å². The highest BCUT2D eigenvalue weighted by Crippen LogP contribution is 2.08. The van der Waals surface area contributed by atoms with E-state index in [1.54, 1.807) is 47.3 Å². The van der Waals surface area contributed by atoms with Gasteiger partial charge in [0.15, 0.2) is 0 Å². The van der Waals surface area contributed by atoms with Gasteiger partial charge in [-0.2, -0.15) is 0 Å². The summed E-state index contributed by atoms with van der Waals surface area (Å²) in [6.45, 7) is 0.000746. The lowest BCUT2D eigenvalue weighted by molar-refractivity contribution is 0.0913. The fourth-order valence-electron chi connectivity index (χ4n) is 2.11. The average molecular weight is 298 g/mol. The van der Waals surface area contributed by atoms with Gasteiger partial charge in [0.25, 0.3) is 5.91 Å². The number of aromatic amines is 1. The van der Waals surface area contributed by atoms with Crippen LogP contribution in [0.3, 0.4) is 0 Å². The van der Waals surface area contributed by atoms with E-state index in [0.29, 0.717) is 11.3 Å². The standard InChI is InChI=1S/C15H14N4O3/c20-12(11-2-1-3-14(21)18-11)8-17-15(22)10-4-5-13-16-6-7-19(13)9-10/h1-7,9,12,20H,8H2,(H,17,22)(H,18,21). The van der Waals surface area contributed by atoms with Crippen molar-refractivity contribution in [1.82, 2.24) is 19.7 Å². The number of nitrogens with zero attached hydrogens (tertiary/aromatic N) is 2. The van der Waals surface area contributed by atoms with Crippen molar-refractivity contribution in [3.05, 3.63) is 70.5 Å². The summed E-state index contributed by atoms with van der Waals surface area (Å²) in [4.78, 5) is 29.9. The van der Waals surface area contributed by atoms with Crippen molar-refractivity contribution in [2.24, 2.45) is 0 Å². The van der Waals surface area contributed by atoms with E-state index in [2.05, 4.69) is 15.3 Å². The lowest BCUT2D eigenvalue weighted by Crippen LogP contribution is -2.29. The van der Waals surface area contributed by atoms with E-state index in [9.17, 15) is 14.7 Å². The number of imidazole rings is 1. The number of carbonyl (C=O) groups is 1. The first-order chi connectivity index (χ1) is 10.6. The predicted octanol–water partition coefficient (Wildman–Crippen LogP) is 0.486. The van der Waals surface area contributed by atoms with Crippen molar-refractivity contribution in [1.29, 1.82) is 0 Å². The number of aromatic nitrogens is 3. The second-order valence-corrected chi connectivity index (χ2v) is 4.81. The topological polar surface area (TPSA) is 99.5 Å². The largest absolute Gasteiger partial charge is 0.385 e. The van der Waals surface area contributed by atoms with Gasteiger partial charge < -0.3 is 19.8 Å². The van der Waals surface area contributed by atoms with Crippen LogP contribution in [-0.4, -0.2) is 31.9 Å². The molecule has 22 heavy (non-hydrogen) atoms. The molecule has 1 amide bonds. The Labute approximate surface area is 125 Å². The summed E-state index contributed by atoms with van der Waals surface area (Å²) < 4.78 is 1.74. The van der Waals surface area contributed by atoms with Gasteiger partial charge in [-0.1, -0.05) is 6.07 Å². The molecule has 0 aliphatic carbocycles. The van der Waals surface area contributed by atoms with Crippen molar-refractivity contribution >= 4 is 11.6 Å². The highest BCUT2D eigenvalue weighted by Gasteiger charge is 2.12. The molecule has 7 nitrogen and oxygen atoms in total. The minimum absolute atomic E-state index is 0.000746. The highest BCUT2D eigenvalue weighted by atomic mass is 16.3. The maximum Gasteiger partial charge on any atom is 0.252 e. The van der Waals surface area contributed by atoms with E-state index >= 15 is 0 Å². The van der Waals surface area contributed by atoms with Gasteiger partial charge in [-0.05, 0) is 18.2 Å². The molecule has 3 aromatic rings. The number of H-pyrrole nitrogens is 1. The zero-order valence-electron chi connectivity index (χ0n) is 11.6. The Bertz CT molecular complexity index is 868. The van der Waals surface area contributed by atoms with Crippen LogP contribution >= 0.6 is 0 Å². The molecule has 0 bridgehead atoms. The Morgan fingerprint density at radius 3 is 3.05 bits per heavy atom. The molecule has 1 unspecified atom stereocenters. The second kappa shape index (κ2) is 5.82. The molecular weight excluding hydrogens is 284 g/mol. The van der Waals surface area contributed by atoms with Gasteiger partial charge >= 0.3 is 0 Å². The molecule has 0 saturated carbocycles. The molecule has 112 valence electrons. The number of nitrogens with one attached hydrogen (secondary N) is 2. The van der Waals surface area contributed by atoms with E-state index in [-0.39, 0.29) is 18.0 Å². The fourth-order valence-corrected chi connectivity index (χ4v) is 2.11. The second-order valence-electron chi connectivity index (χ2n) is 4.81. The maximum atomic E-state index is 12.1. The Morgan fingerprint density at radius 1 is 1.36 bits per heavy atom. The number of amides is 1. The van der Waals surface area contributed by atoms with E-state index in [0.717, 1.165) is 5.65 Å². The lowest BCUT2D eigenvalue weighted by atomic mass is 10.2. The first kappa shape index (κ1) is 14.0. The molecule has 0 radical (unpaired) electrons. The van der Waals surface area contributed by atoms with Gasteiger partial charge in [0, 0.05) is 36.9 Å². The molecule has 3 rings (SSSR count). The van der Waals surface area contributed by atoms with Gasteiger partial charge in [0.2, 0.25) is 5.56 Å². The number of fused-ring (bicyclic) bond motifs is 1. The molecule has 0 aliphatic rings. The smallest absolute Gasteiger partial charge is 0.252 e. The van der Waals surface area contributed by atoms with E-state index in [1.165, 1.54) is 6.07 Å². The molecule has 0 aliphatic heterocycles. The molecule has 3 N–H and O–H groups in total. The number of pyridine rings is 2. The van der Waals surface area contributed by atoms with Crippen molar-refractivity contribution in [3.8, 4) is 0 Å². The summed E-state index contributed by atoms with van der Waals surface area (Å²) in [5, 5.41) is 12.6. The summed E-state index contributed by atoms with van der Waals surface area (Å²) in [7, 11) is 0. The molecule has 0 spiro atoms. The fraction of sp³-hybridized carbons (Fsp3) is 0.133. The van der Waals surface area contributed by atoms with Crippen LogP contribution in [0.1, 0.15) is 22.2 Å². The van der Waals surface area contributed by atoms with E-state index in [4.69, 9.17) is 0 Å². The third kappa shape index (κ3) is 2.89. The third-order valence-corrected chi connectivity index (χ3v) is 3.26. The van der Waals surface area contributed by atoms with Crippen LogP contribution in [0.25, 0.3) is 5.65 Å². The number of aliphatic hydroxyl groups is 1. The molecule has 7 heteroatoms. The predicted molar refractivity (Wildman–Crippen MR) is 79.5 cm³/mol. The summed E-state index contributed by atoms with van der Waals surface area (Å²) in [5.41, 5.74) is 1.27. The van der Waals surface area contributed by atoms with Crippen LogP contribution in [0.2, 0.25) is 0 Å². The molecular formula is C15H14N4O3. The number of aliphatic hydroxyl groups excluding tert-OH is 1. The third-order valence-electron chi connectivity index (χ3n) is 3.26. The summed E-state index contributed by atoms with van der Waals surface area (Å²) in [6.07, 6.45) is 4.08. The molecule has 1 atom stereocenters. The van der Waals surface area contributed by atoms with Gasteiger partial charge in [-0.3, -0.25) is 9.59 Å². The number of hydrogen-bond donors (Lipinski definition) is 3. The van der Waals surface area contributed by atoms with Crippen molar-refractivity contribution in [2.75, 3.05) is 6.54 Å². The number of hydrogen-bond acceptors (Lipinski definition) is 4. The number of rotatable bonds is 4.